The second-order valence-corrected chi connectivity index (χ2v) is 3.63. The molecule has 2 heterocycles. The van der Waals surface area contributed by atoms with E-state index in [0.717, 1.165) is 18.9 Å². The largest absolute Gasteiger partial charge is 0.351 e. The summed E-state index contributed by atoms with van der Waals surface area (Å²) in [5, 5.41) is 11.3. The van der Waals surface area contributed by atoms with E-state index in [0.29, 0.717) is 6.04 Å². The second-order valence-electron chi connectivity index (χ2n) is 3.63. The normalized spacial score (nSPS) is 18.8. The van der Waals surface area contributed by atoms with Gasteiger partial charge in [-0.3, -0.25) is 0 Å². The first-order chi connectivity index (χ1) is 6.92. The third-order valence-corrected chi connectivity index (χ3v) is 2.67. The number of anilines is 1. The molecule has 1 atom stereocenters. The fourth-order valence-corrected chi connectivity index (χ4v) is 2.03. The van der Waals surface area contributed by atoms with E-state index in [-0.39, 0.29) is 34.0 Å². The van der Waals surface area contributed by atoms with Crippen LogP contribution < -0.4 is 10.2 Å². The van der Waals surface area contributed by atoms with Crippen molar-refractivity contribution in [3.63, 3.8) is 0 Å². The van der Waals surface area contributed by atoms with E-state index >= 15 is 0 Å². The Kier molecular flexibility index (Phi) is 7.87. The summed E-state index contributed by atoms with van der Waals surface area (Å²) in [6.45, 7) is 2.13. The number of halogens is 2. The molecule has 0 bridgehead atoms. The standard InChI is InChI=1S/C10H16N4.2BrH/c1-11-8-9-4-3-7-14(9)10-5-2-6-12-13-10;;/h2,5-6,9,11H,3-4,7-8H2,1H3;2*1H. The Morgan fingerprint density at radius 3 is 2.94 bits per heavy atom. The molecular formula is C10H18Br2N4. The van der Waals surface area contributed by atoms with Crippen LogP contribution in [0.3, 0.4) is 0 Å². The number of likely N-dealkylation sites (N-methyl/N-ethyl adjacent to an activating group) is 1. The lowest BCUT2D eigenvalue weighted by Gasteiger charge is -2.24. The minimum atomic E-state index is 0. The molecule has 92 valence electrons. The molecule has 2 rings (SSSR count). The van der Waals surface area contributed by atoms with Crippen molar-refractivity contribution in [3.8, 4) is 0 Å². The summed E-state index contributed by atoms with van der Waals surface area (Å²) >= 11 is 0. The maximum absolute atomic E-state index is 4.14. The minimum absolute atomic E-state index is 0. The highest BCUT2D eigenvalue weighted by Gasteiger charge is 2.24. The molecule has 0 radical (unpaired) electrons. The molecule has 1 unspecified atom stereocenters. The molecular weight excluding hydrogens is 336 g/mol. The molecule has 0 amide bonds. The van der Waals surface area contributed by atoms with E-state index in [1.807, 2.05) is 19.2 Å². The number of aromatic nitrogens is 2. The van der Waals surface area contributed by atoms with Gasteiger partial charge in [-0.1, -0.05) is 0 Å². The van der Waals surface area contributed by atoms with Crippen LogP contribution in [0.2, 0.25) is 0 Å². The molecule has 0 spiro atoms. The van der Waals surface area contributed by atoms with Crippen molar-refractivity contribution in [3.05, 3.63) is 18.3 Å². The monoisotopic (exact) mass is 352 g/mol. The smallest absolute Gasteiger partial charge is 0.151 e. The lowest BCUT2D eigenvalue weighted by Crippen LogP contribution is -2.37. The van der Waals surface area contributed by atoms with Crippen LogP contribution in [0.5, 0.6) is 0 Å². The Balaban J connectivity index is 0.00000112. The highest BCUT2D eigenvalue weighted by molar-refractivity contribution is 8.93. The van der Waals surface area contributed by atoms with Crippen LogP contribution in [-0.4, -0.2) is 36.4 Å². The van der Waals surface area contributed by atoms with Crippen LogP contribution in [0.15, 0.2) is 18.3 Å². The van der Waals surface area contributed by atoms with Crippen LogP contribution in [0.1, 0.15) is 12.8 Å². The van der Waals surface area contributed by atoms with Crippen molar-refractivity contribution >= 4 is 39.8 Å². The molecule has 0 saturated carbocycles. The summed E-state index contributed by atoms with van der Waals surface area (Å²) in [6.07, 6.45) is 4.22. The first kappa shape index (κ1) is 15.8. The number of hydrogen-bond donors (Lipinski definition) is 1. The first-order valence-corrected chi connectivity index (χ1v) is 5.11. The van der Waals surface area contributed by atoms with Gasteiger partial charge in [-0.15, -0.1) is 39.1 Å². The van der Waals surface area contributed by atoms with Crippen LogP contribution in [0, 0.1) is 0 Å². The van der Waals surface area contributed by atoms with Crippen molar-refractivity contribution in [2.45, 2.75) is 18.9 Å². The zero-order valence-corrected chi connectivity index (χ0v) is 12.7. The molecule has 16 heavy (non-hydrogen) atoms. The number of rotatable bonds is 3. The zero-order chi connectivity index (χ0) is 9.80. The number of hydrogen-bond acceptors (Lipinski definition) is 4. The molecule has 1 aromatic rings. The van der Waals surface area contributed by atoms with E-state index < -0.39 is 0 Å². The summed E-state index contributed by atoms with van der Waals surface area (Å²) in [5.41, 5.74) is 0. The maximum Gasteiger partial charge on any atom is 0.151 e. The van der Waals surface area contributed by atoms with E-state index in [9.17, 15) is 0 Å². The Bertz CT molecular complexity index is 283. The van der Waals surface area contributed by atoms with Crippen molar-refractivity contribution in [1.82, 2.24) is 15.5 Å². The van der Waals surface area contributed by atoms with Gasteiger partial charge in [0, 0.05) is 25.3 Å². The van der Waals surface area contributed by atoms with E-state index in [1.165, 1.54) is 12.8 Å². The van der Waals surface area contributed by atoms with Crippen molar-refractivity contribution < 1.29 is 0 Å². The van der Waals surface area contributed by atoms with Gasteiger partial charge < -0.3 is 10.2 Å². The topological polar surface area (TPSA) is 41.0 Å². The Labute approximate surface area is 117 Å². The second kappa shape index (κ2) is 7.97. The van der Waals surface area contributed by atoms with E-state index in [4.69, 9.17) is 0 Å². The average Bonchev–Trinajstić information content (AvgIpc) is 2.68. The lowest BCUT2D eigenvalue weighted by molar-refractivity contribution is 0.609. The number of nitrogens with one attached hydrogen (secondary N) is 1. The van der Waals surface area contributed by atoms with Gasteiger partial charge >= 0.3 is 0 Å². The fourth-order valence-electron chi connectivity index (χ4n) is 2.03. The molecule has 4 nitrogen and oxygen atoms in total. The highest BCUT2D eigenvalue weighted by Crippen LogP contribution is 2.22. The quantitative estimate of drug-likeness (QED) is 0.899. The van der Waals surface area contributed by atoms with E-state index in [1.54, 1.807) is 6.20 Å². The molecule has 1 aliphatic rings. The molecule has 1 aromatic heterocycles. The lowest BCUT2D eigenvalue weighted by atomic mass is 10.2. The Morgan fingerprint density at radius 2 is 2.31 bits per heavy atom. The van der Waals surface area contributed by atoms with Crippen molar-refractivity contribution in [2.75, 3.05) is 25.0 Å². The fraction of sp³-hybridized carbons (Fsp3) is 0.600. The SMILES string of the molecule is Br.Br.CNCC1CCCN1c1cccnn1. The van der Waals surface area contributed by atoms with Gasteiger partial charge in [0.1, 0.15) is 0 Å². The minimum Gasteiger partial charge on any atom is -0.351 e. The molecule has 1 aliphatic heterocycles. The van der Waals surface area contributed by atoms with Crippen LogP contribution in [0.4, 0.5) is 5.82 Å². The third-order valence-electron chi connectivity index (χ3n) is 2.67. The van der Waals surface area contributed by atoms with Crippen LogP contribution >= 0.6 is 34.0 Å². The van der Waals surface area contributed by atoms with Crippen LogP contribution in [-0.2, 0) is 0 Å². The van der Waals surface area contributed by atoms with Gasteiger partial charge in [-0.25, -0.2) is 0 Å². The first-order valence-electron chi connectivity index (χ1n) is 5.11. The number of nitrogens with zero attached hydrogens (tertiary/aromatic N) is 3. The molecule has 1 fully saturated rings. The third kappa shape index (κ3) is 3.68. The van der Waals surface area contributed by atoms with Gasteiger partial charge in [0.2, 0.25) is 0 Å². The highest BCUT2D eigenvalue weighted by atomic mass is 79.9. The van der Waals surface area contributed by atoms with Gasteiger partial charge in [0.25, 0.3) is 0 Å². The summed E-state index contributed by atoms with van der Waals surface area (Å²) in [7, 11) is 1.99. The average molecular weight is 354 g/mol. The van der Waals surface area contributed by atoms with Crippen LogP contribution in [0.25, 0.3) is 0 Å². The predicted molar refractivity (Wildman–Crippen MR) is 77.0 cm³/mol. The van der Waals surface area contributed by atoms with E-state index in [2.05, 4.69) is 20.4 Å². The maximum atomic E-state index is 4.14. The molecule has 1 saturated heterocycles. The summed E-state index contributed by atoms with van der Waals surface area (Å²) in [6, 6.07) is 4.55. The zero-order valence-electron chi connectivity index (χ0n) is 9.30. The summed E-state index contributed by atoms with van der Waals surface area (Å²) in [4.78, 5) is 2.34. The predicted octanol–water partition coefficient (Wildman–Crippen LogP) is 1.82. The van der Waals surface area contributed by atoms with Gasteiger partial charge in [-0.2, -0.15) is 5.10 Å². The van der Waals surface area contributed by atoms with Crippen molar-refractivity contribution in [1.29, 1.82) is 0 Å². The van der Waals surface area contributed by atoms with Gasteiger partial charge in [0.05, 0.1) is 0 Å². The van der Waals surface area contributed by atoms with Gasteiger partial charge in [0.15, 0.2) is 5.82 Å². The summed E-state index contributed by atoms with van der Waals surface area (Å²) in [5.74, 6) is 1.00. The molecule has 1 N–H and O–H groups in total. The molecule has 6 heteroatoms. The molecule has 0 aliphatic carbocycles. The summed E-state index contributed by atoms with van der Waals surface area (Å²) < 4.78 is 0. The van der Waals surface area contributed by atoms with Gasteiger partial charge in [-0.05, 0) is 32.0 Å². The van der Waals surface area contributed by atoms with Crippen molar-refractivity contribution in [2.24, 2.45) is 0 Å². The Morgan fingerprint density at radius 1 is 1.50 bits per heavy atom. The molecule has 0 aromatic carbocycles. The Hall–Kier alpha value is -0.200.